The molecule has 2 unspecified atom stereocenters. The van der Waals surface area contributed by atoms with Gasteiger partial charge in [0.05, 0.1) is 6.10 Å². The van der Waals surface area contributed by atoms with Crippen molar-refractivity contribution in [2.75, 3.05) is 24.7 Å². The average Bonchev–Trinajstić information content (AvgIpc) is 3.28. The van der Waals surface area contributed by atoms with Crippen LogP contribution in [0.2, 0.25) is 0 Å². The normalized spacial score (nSPS) is 23.5. The Balaban J connectivity index is 1.81. The number of thioether (sulfide) groups is 1. The molecule has 1 aromatic heterocycles. The number of hydrogen-bond acceptors (Lipinski definition) is 5. The van der Waals surface area contributed by atoms with E-state index in [1.165, 1.54) is 10.7 Å². The summed E-state index contributed by atoms with van der Waals surface area (Å²) in [5, 5.41) is 4.29. The van der Waals surface area contributed by atoms with E-state index in [2.05, 4.69) is 5.10 Å². The van der Waals surface area contributed by atoms with Gasteiger partial charge in [-0.1, -0.05) is 6.92 Å². The van der Waals surface area contributed by atoms with E-state index in [1.54, 1.807) is 6.07 Å². The van der Waals surface area contributed by atoms with Gasteiger partial charge >= 0.3 is 0 Å². The van der Waals surface area contributed by atoms with Crippen LogP contribution in [0.3, 0.4) is 0 Å². The first-order valence-electron chi connectivity index (χ1n) is 8.77. The van der Waals surface area contributed by atoms with Crippen molar-refractivity contribution in [3.63, 3.8) is 0 Å². The summed E-state index contributed by atoms with van der Waals surface area (Å²) in [6, 6.07) is 3.24. The highest BCUT2D eigenvalue weighted by molar-refractivity contribution is 7.99. The summed E-state index contributed by atoms with van der Waals surface area (Å²) in [6.45, 7) is 3.93. The molecule has 7 heteroatoms. The molecular weight excluding hydrogens is 326 g/mol. The summed E-state index contributed by atoms with van der Waals surface area (Å²) in [4.78, 5) is 26.8. The Morgan fingerprint density at radius 1 is 1.46 bits per heavy atom. The molecule has 0 radical (unpaired) electrons. The molecule has 2 aliphatic heterocycles. The van der Waals surface area contributed by atoms with E-state index in [0.29, 0.717) is 18.8 Å². The first kappa shape index (κ1) is 17.5. The van der Waals surface area contributed by atoms with E-state index < -0.39 is 0 Å². The zero-order chi connectivity index (χ0) is 16.9. The predicted molar refractivity (Wildman–Crippen MR) is 94.5 cm³/mol. The van der Waals surface area contributed by atoms with Gasteiger partial charge < -0.3 is 9.64 Å². The molecule has 0 spiro atoms. The molecule has 0 bridgehead atoms. The Kier molecular flexibility index (Phi) is 5.94. The quantitative estimate of drug-likeness (QED) is 0.782. The first-order chi connectivity index (χ1) is 11.7. The van der Waals surface area contributed by atoms with Gasteiger partial charge in [0.1, 0.15) is 5.69 Å². The highest BCUT2D eigenvalue weighted by Gasteiger charge is 2.32. The fourth-order valence-corrected chi connectivity index (χ4v) is 4.48. The lowest BCUT2D eigenvalue weighted by Crippen LogP contribution is -2.45. The molecule has 6 nitrogen and oxygen atoms in total. The van der Waals surface area contributed by atoms with Gasteiger partial charge in [-0.2, -0.15) is 16.9 Å². The molecule has 2 aliphatic rings. The lowest BCUT2D eigenvalue weighted by molar-refractivity contribution is 0.0435. The molecule has 3 rings (SSSR count). The number of amides is 1. The number of carbonyl (C=O) groups excluding carboxylic acids is 1. The van der Waals surface area contributed by atoms with E-state index in [0.717, 1.165) is 43.8 Å². The highest BCUT2D eigenvalue weighted by atomic mass is 32.2. The van der Waals surface area contributed by atoms with Crippen LogP contribution in [0.15, 0.2) is 16.9 Å². The van der Waals surface area contributed by atoms with Crippen molar-refractivity contribution in [3.05, 3.63) is 28.2 Å². The average molecular weight is 351 g/mol. The number of hydrogen-bond donors (Lipinski definition) is 0. The number of nitrogens with zero attached hydrogens (tertiary/aromatic N) is 3. The SMILES string of the molecule is CCCn1nc(C(=O)N(CC2CCCO2)C2CCSC2)ccc1=O. The predicted octanol–water partition coefficient (Wildman–Crippen LogP) is 1.78. The molecule has 24 heavy (non-hydrogen) atoms. The van der Waals surface area contributed by atoms with Crippen molar-refractivity contribution in [2.24, 2.45) is 0 Å². The third-order valence-electron chi connectivity index (χ3n) is 4.55. The van der Waals surface area contributed by atoms with Gasteiger partial charge in [0, 0.05) is 37.6 Å². The molecule has 3 heterocycles. The summed E-state index contributed by atoms with van der Waals surface area (Å²) < 4.78 is 7.12. The Hall–Kier alpha value is -1.34. The van der Waals surface area contributed by atoms with Crippen LogP contribution < -0.4 is 5.56 Å². The van der Waals surface area contributed by atoms with Crippen LogP contribution in [0.1, 0.15) is 43.1 Å². The zero-order valence-corrected chi connectivity index (χ0v) is 15.0. The van der Waals surface area contributed by atoms with E-state index >= 15 is 0 Å². The second-order valence-electron chi connectivity index (χ2n) is 6.39. The first-order valence-corrected chi connectivity index (χ1v) is 9.93. The van der Waals surface area contributed by atoms with Crippen LogP contribution in [0.4, 0.5) is 0 Å². The van der Waals surface area contributed by atoms with Gasteiger partial charge in [0.2, 0.25) is 0 Å². The van der Waals surface area contributed by atoms with Gasteiger partial charge in [-0.05, 0) is 37.5 Å². The van der Waals surface area contributed by atoms with Crippen molar-refractivity contribution < 1.29 is 9.53 Å². The van der Waals surface area contributed by atoms with Gasteiger partial charge in [-0.25, -0.2) is 4.68 Å². The van der Waals surface area contributed by atoms with Gasteiger partial charge in [-0.15, -0.1) is 0 Å². The van der Waals surface area contributed by atoms with E-state index in [1.807, 2.05) is 23.6 Å². The van der Waals surface area contributed by atoms with Crippen molar-refractivity contribution in [1.82, 2.24) is 14.7 Å². The Labute approximate surface area is 146 Å². The molecule has 1 aromatic rings. The topological polar surface area (TPSA) is 64.4 Å². The Morgan fingerprint density at radius 2 is 2.33 bits per heavy atom. The number of aromatic nitrogens is 2. The number of carbonyl (C=O) groups is 1. The molecule has 0 N–H and O–H groups in total. The van der Waals surface area contributed by atoms with Crippen LogP contribution in [0.5, 0.6) is 0 Å². The van der Waals surface area contributed by atoms with Crippen molar-refractivity contribution in [3.8, 4) is 0 Å². The standard InChI is InChI=1S/C17H25N3O3S/c1-2-8-20-16(21)6-5-15(18-20)17(22)19(13-7-10-24-12-13)11-14-4-3-9-23-14/h5-6,13-14H,2-4,7-12H2,1H3. The van der Waals surface area contributed by atoms with Crippen LogP contribution in [-0.4, -0.2) is 57.4 Å². The van der Waals surface area contributed by atoms with Crippen LogP contribution in [0.25, 0.3) is 0 Å². The minimum absolute atomic E-state index is 0.0807. The molecule has 0 aromatic carbocycles. The third-order valence-corrected chi connectivity index (χ3v) is 5.70. The monoisotopic (exact) mass is 351 g/mol. The summed E-state index contributed by atoms with van der Waals surface area (Å²) in [6.07, 6.45) is 4.01. The van der Waals surface area contributed by atoms with E-state index in [9.17, 15) is 9.59 Å². The second-order valence-corrected chi connectivity index (χ2v) is 7.54. The van der Waals surface area contributed by atoms with Crippen LogP contribution in [0, 0.1) is 0 Å². The minimum atomic E-state index is -0.157. The third kappa shape index (κ3) is 4.00. The number of rotatable bonds is 6. The summed E-state index contributed by atoms with van der Waals surface area (Å²) in [7, 11) is 0. The highest BCUT2D eigenvalue weighted by Crippen LogP contribution is 2.25. The lowest BCUT2D eigenvalue weighted by atomic mass is 10.1. The summed E-state index contributed by atoms with van der Waals surface area (Å²) in [5.74, 6) is 1.97. The maximum absolute atomic E-state index is 13.1. The fraction of sp³-hybridized carbons (Fsp3) is 0.706. The smallest absolute Gasteiger partial charge is 0.274 e. The molecule has 2 saturated heterocycles. The summed E-state index contributed by atoms with van der Waals surface area (Å²) >= 11 is 1.88. The Morgan fingerprint density at radius 3 is 3.00 bits per heavy atom. The van der Waals surface area contributed by atoms with Crippen molar-refractivity contribution in [1.29, 1.82) is 0 Å². The molecule has 0 aliphatic carbocycles. The van der Waals surface area contributed by atoms with Crippen LogP contribution >= 0.6 is 11.8 Å². The molecule has 1 amide bonds. The molecule has 132 valence electrons. The maximum Gasteiger partial charge on any atom is 0.274 e. The lowest BCUT2D eigenvalue weighted by Gasteiger charge is -2.30. The summed E-state index contributed by atoms with van der Waals surface area (Å²) in [5.41, 5.74) is 0.202. The van der Waals surface area contributed by atoms with Crippen LogP contribution in [-0.2, 0) is 11.3 Å². The van der Waals surface area contributed by atoms with Gasteiger partial charge in [0.25, 0.3) is 11.5 Å². The Bertz CT molecular complexity index is 622. The zero-order valence-electron chi connectivity index (χ0n) is 14.1. The molecule has 0 saturated carbocycles. The van der Waals surface area contributed by atoms with E-state index in [4.69, 9.17) is 4.74 Å². The van der Waals surface area contributed by atoms with Gasteiger partial charge in [0.15, 0.2) is 0 Å². The molecular formula is C17H25N3O3S. The number of aryl methyl sites for hydroxylation is 1. The minimum Gasteiger partial charge on any atom is -0.376 e. The second kappa shape index (κ2) is 8.16. The molecule has 2 atom stereocenters. The largest absolute Gasteiger partial charge is 0.376 e. The van der Waals surface area contributed by atoms with E-state index in [-0.39, 0.29) is 23.6 Å². The van der Waals surface area contributed by atoms with Crippen molar-refractivity contribution >= 4 is 17.7 Å². The van der Waals surface area contributed by atoms with Crippen molar-refractivity contribution in [2.45, 2.75) is 51.3 Å². The van der Waals surface area contributed by atoms with Gasteiger partial charge in [-0.3, -0.25) is 9.59 Å². The molecule has 2 fully saturated rings. The fourth-order valence-electron chi connectivity index (χ4n) is 3.26. The number of ether oxygens (including phenoxy) is 1. The maximum atomic E-state index is 13.1.